The van der Waals surface area contributed by atoms with Crippen LogP contribution in [0.15, 0.2) is 18.7 Å². The topological polar surface area (TPSA) is 51.7 Å². The molecule has 0 unspecified atom stereocenters. The van der Waals surface area contributed by atoms with Crippen LogP contribution >= 0.6 is 0 Å². The Hall–Kier alpha value is 0.170. The van der Waals surface area contributed by atoms with E-state index in [1.165, 1.54) is 0 Å². The van der Waals surface area contributed by atoms with Crippen LogP contribution in [0.25, 0.3) is 0 Å². The van der Waals surface area contributed by atoms with E-state index in [1.807, 2.05) is 0 Å². The third-order valence-corrected chi connectivity index (χ3v) is 0.406. The van der Waals surface area contributed by atoms with Gasteiger partial charge in [0.1, 0.15) is 0 Å². The molecule has 1 heterocycles. The van der Waals surface area contributed by atoms with E-state index in [9.17, 15) is 0 Å². The summed E-state index contributed by atoms with van der Waals surface area (Å²) < 4.78 is 0. The molecule has 4 heteroatoms. The molecule has 0 radical (unpaired) electrons. The van der Waals surface area contributed by atoms with Crippen molar-refractivity contribution in [1.82, 2.24) is 9.97 Å². The maximum atomic E-state index is 8.93. The third kappa shape index (κ3) is 11.6. The Kier molecular flexibility index (Phi) is 14.6. The maximum absolute atomic E-state index is 8.93. The fourth-order valence-electron chi connectivity index (χ4n) is 0.215. The van der Waals surface area contributed by atoms with Crippen LogP contribution in [0.3, 0.4) is 0 Å². The quantitative estimate of drug-likeness (QED) is 0.381. The summed E-state index contributed by atoms with van der Waals surface area (Å²) in [6.45, 7) is 1.57. The fourth-order valence-corrected chi connectivity index (χ4v) is 0.215. The minimum Gasteiger partial charge on any atom is -0.855 e. The van der Waals surface area contributed by atoms with Crippen molar-refractivity contribution < 1.29 is 34.7 Å². The number of nitrogens with zero attached hydrogens (tertiary/aromatic N) is 1. The largest absolute Gasteiger partial charge is 1.00 e. The Labute approximate surface area is 76.8 Å². The van der Waals surface area contributed by atoms with Crippen molar-refractivity contribution in [2.24, 2.45) is 0 Å². The zero-order valence-electron chi connectivity index (χ0n) is 5.79. The van der Waals surface area contributed by atoms with Crippen LogP contribution in [0, 0.1) is 0 Å². The van der Waals surface area contributed by atoms with Crippen LogP contribution in [-0.2, 0) is 0 Å². The van der Waals surface area contributed by atoms with Crippen molar-refractivity contribution in [3.8, 4) is 0 Å². The monoisotopic (exact) mass is 136 g/mol. The van der Waals surface area contributed by atoms with Crippen LogP contribution in [0.4, 0.5) is 0 Å². The molecule has 0 aliphatic rings. The molecule has 9 heavy (non-hydrogen) atoms. The molecule has 0 fully saturated rings. The Morgan fingerprint density at radius 3 is 2.33 bits per heavy atom. The van der Waals surface area contributed by atoms with Crippen molar-refractivity contribution in [2.45, 2.75) is 6.92 Å². The second-order valence-electron chi connectivity index (χ2n) is 1.05. The standard InChI is InChI=1S/C3H4N2.C2H5O.Na/c1-2-5-3-4-1;1-2-3;/h1-3H,(H,4,5);2H2,1H3;/q;-1;+1. The first-order valence-electron chi connectivity index (χ1n) is 2.42. The average Bonchev–Trinajstić information content (AvgIpc) is 2.17. The molecule has 0 atom stereocenters. The molecule has 0 spiro atoms. The van der Waals surface area contributed by atoms with Crippen LogP contribution < -0.4 is 34.7 Å². The molecule has 0 aliphatic heterocycles. The zero-order valence-corrected chi connectivity index (χ0v) is 7.79. The number of H-pyrrole nitrogens is 1. The second kappa shape index (κ2) is 11.0. The van der Waals surface area contributed by atoms with E-state index in [4.69, 9.17) is 5.11 Å². The van der Waals surface area contributed by atoms with Crippen molar-refractivity contribution >= 4 is 0 Å². The molecule has 0 saturated carbocycles. The zero-order chi connectivity index (χ0) is 6.24. The number of nitrogens with one attached hydrogen (secondary N) is 1. The van der Waals surface area contributed by atoms with E-state index in [-0.39, 0.29) is 36.2 Å². The van der Waals surface area contributed by atoms with Gasteiger partial charge in [0.25, 0.3) is 0 Å². The summed E-state index contributed by atoms with van der Waals surface area (Å²) in [5.74, 6) is 0. The van der Waals surface area contributed by atoms with E-state index in [0.29, 0.717) is 0 Å². The number of hydrogen-bond acceptors (Lipinski definition) is 2. The minimum absolute atomic E-state index is 0. The molecule has 0 aliphatic carbocycles. The van der Waals surface area contributed by atoms with Gasteiger partial charge in [0.2, 0.25) is 0 Å². The van der Waals surface area contributed by atoms with Gasteiger partial charge >= 0.3 is 29.6 Å². The Balaban J connectivity index is 0. The first kappa shape index (κ1) is 11.9. The van der Waals surface area contributed by atoms with Gasteiger partial charge in [0.05, 0.1) is 6.33 Å². The Bertz CT molecular complexity index is 81.9. The average molecular weight is 136 g/mol. The molecule has 0 bridgehead atoms. The summed E-state index contributed by atoms with van der Waals surface area (Å²) >= 11 is 0. The van der Waals surface area contributed by atoms with Crippen LogP contribution in [-0.4, -0.2) is 16.6 Å². The summed E-state index contributed by atoms with van der Waals surface area (Å²) in [7, 11) is 0. The summed E-state index contributed by atoms with van der Waals surface area (Å²) in [6.07, 6.45) is 5.08. The first-order chi connectivity index (χ1) is 3.91. The van der Waals surface area contributed by atoms with Gasteiger partial charge in [-0.05, 0) is 0 Å². The number of rotatable bonds is 0. The predicted molar refractivity (Wildman–Crippen MR) is 29.1 cm³/mol. The number of hydrogen-bond donors (Lipinski definition) is 1. The van der Waals surface area contributed by atoms with Gasteiger partial charge in [-0.15, -0.1) is 6.61 Å². The van der Waals surface area contributed by atoms with Crippen molar-refractivity contribution in [1.29, 1.82) is 0 Å². The normalized spacial score (nSPS) is 6.44. The minimum atomic E-state index is 0. The van der Waals surface area contributed by atoms with Crippen molar-refractivity contribution in [2.75, 3.05) is 6.61 Å². The predicted octanol–water partition coefficient (Wildman–Crippen LogP) is -3.22. The number of aromatic nitrogens is 2. The Morgan fingerprint density at radius 2 is 2.22 bits per heavy atom. The van der Waals surface area contributed by atoms with Crippen LogP contribution in [0.5, 0.6) is 0 Å². The number of imidazole rings is 1. The number of aromatic amines is 1. The summed E-state index contributed by atoms with van der Waals surface area (Å²) in [5.41, 5.74) is 0. The van der Waals surface area contributed by atoms with E-state index < -0.39 is 0 Å². The van der Waals surface area contributed by atoms with Gasteiger partial charge in [-0.25, -0.2) is 4.98 Å². The molecule has 1 rings (SSSR count). The molecule has 0 amide bonds. The van der Waals surface area contributed by atoms with Gasteiger partial charge in [-0.3, -0.25) is 0 Å². The van der Waals surface area contributed by atoms with E-state index in [2.05, 4.69) is 9.97 Å². The molecular formula is C5H9N2NaO. The third-order valence-electron chi connectivity index (χ3n) is 0.406. The molecule has 46 valence electrons. The SMILES string of the molecule is CC[O-].[Na+].c1c[nH]cn1. The van der Waals surface area contributed by atoms with Gasteiger partial charge in [-0.1, -0.05) is 6.92 Å². The Morgan fingerprint density at radius 1 is 1.67 bits per heavy atom. The van der Waals surface area contributed by atoms with Gasteiger partial charge in [0.15, 0.2) is 0 Å². The molecule has 1 aromatic rings. The van der Waals surface area contributed by atoms with Crippen LogP contribution in [0.1, 0.15) is 6.92 Å². The van der Waals surface area contributed by atoms with Gasteiger partial charge in [0, 0.05) is 12.4 Å². The van der Waals surface area contributed by atoms with Gasteiger partial charge < -0.3 is 10.1 Å². The molecule has 0 saturated heterocycles. The molecule has 0 aromatic carbocycles. The van der Waals surface area contributed by atoms with Crippen LogP contribution in [0.2, 0.25) is 0 Å². The molecule has 3 nitrogen and oxygen atoms in total. The van der Waals surface area contributed by atoms with E-state index in [0.717, 1.165) is 0 Å². The second-order valence-corrected chi connectivity index (χ2v) is 1.05. The maximum Gasteiger partial charge on any atom is 1.00 e. The van der Waals surface area contributed by atoms with E-state index >= 15 is 0 Å². The van der Waals surface area contributed by atoms with Gasteiger partial charge in [-0.2, -0.15) is 0 Å². The van der Waals surface area contributed by atoms with E-state index in [1.54, 1.807) is 25.6 Å². The molecule has 1 N–H and O–H groups in total. The summed E-state index contributed by atoms with van der Waals surface area (Å²) in [6, 6.07) is 0. The van der Waals surface area contributed by atoms with Crippen molar-refractivity contribution in [3.63, 3.8) is 0 Å². The molecular weight excluding hydrogens is 127 g/mol. The smallest absolute Gasteiger partial charge is 0.855 e. The molecule has 1 aromatic heterocycles. The fraction of sp³-hybridized carbons (Fsp3) is 0.400. The summed E-state index contributed by atoms with van der Waals surface area (Å²) in [4.78, 5) is 6.42. The summed E-state index contributed by atoms with van der Waals surface area (Å²) in [5, 5.41) is 8.93. The first-order valence-corrected chi connectivity index (χ1v) is 2.42. The van der Waals surface area contributed by atoms with Crippen molar-refractivity contribution in [3.05, 3.63) is 18.7 Å².